The quantitative estimate of drug-likeness (QED) is 0.171. The molecule has 210 valence electrons. The second-order valence-corrected chi connectivity index (χ2v) is 10.2. The molecule has 0 spiro atoms. The zero-order valence-electron chi connectivity index (χ0n) is 23.4. The maximum absolute atomic E-state index is 13.1. The number of aryl methyl sites for hydroxylation is 2. The zero-order valence-corrected chi connectivity index (χ0v) is 23.4. The number of fused-ring (bicyclic) bond motifs is 1. The molecule has 0 radical (unpaired) electrons. The fourth-order valence-corrected chi connectivity index (χ4v) is 5.47. The van der Waals surface area contributed by atoms with Crippen LogP contribution >= 0.6 is 0 Å². The number of aromatic nitrogens is 5. The largest absolute Gasteiger partial charge is 0.308 e. The summed E-state index contributed by atoms with van der Waals surface area (Å²) in [5, 5.41) is 23.4. The second kappa shape index (κ2) is 11.3. The number of benzene rings is 3. The van der Waals surface area contributed by atoms with Gasteiger partial charge >= 0.3 is 0 Å². The summed E-state index contributed by atoms with van der Waals surface area (Å²) in [5.41, 5.74) is 8.64. The molecule has 0 saturated carbocycles. The van der Waals surface area contributed by atoms with Crippen molar-refractivity contribution < 1.29 is 9.72 Å². The van der Waals surface area contributed by atoms with Crippen LogP contribution in [0.5, 0.6) is 0 Å². The van der Waals surface area contributed by atoms with Gasteiger partial charge in [0.05, 0.1) is 22.8 Å². The van der Waals surface area contributed by atoms with E-state index in [0.717, 1.165) is 58.6 Å². The van der Waals surface area contributed by atoms with Gasteiger partial charge in [-0.3, -0.25) is 19.9 Å². The Labute approximate surface area is 242 Å². The van der Waals surface area contributed by atoms with Gasteiger partial charge in [-0.1, -0.05) is 62.4 Å². The van der Waals surface area contributed by atoms with Crippen LogP contribution in [0.25, 0.3) is 28.2 Å². The van der Waals surface area contributed by atoms with Gasteiger partial charge in [0.2, 0.25) is 5.91 Å². The Balaban J connectivity index is 1.30. The van der Waals surface area contributed by atoms with Gasteiger partial charge in [0.25, 0.3) is 5.69 Å². The molecular weight excluding hydrogens is 530 g/mol. The number of pyridine rings is 1. The van der Waals surface area contributed by atoms with Crippen LogP contribution in [0.4, 0.5) is 11.4 Å². The van der Waals surface area contributed by atoms with Crippen LogP contribution < -0.4 is 4.90 Å². The van der Waals surface area contributed by atoms with Crippen molar-refractivity contribution in [2.75, 3.05) is 4.90 Å². The van der Waals surface area contributed by atoms with Crippen molar-refractivity contribution in [1.82, 2.24) is 25.2 Å². The third-order valence-electron chi connectivity index (χ3n) is 7.67. The van der Waals surface area contributed by atoms with Crippen LogP contribution in [0.2, 0.25) is 0 Å². The molecule has 1 aliphatic rings. The van der Waals surface area contributed by atoms with E-state index >= 15 is 0 Å². The maximum atomic E-state index is 13.1. The Hall–Kier alpha value is -5.25. The molecule has 1 aliphatic heterocycles. The molecule has 0 atom stereocenters. The molecule has 6 rings (SSSR count). The topological polar surface area (TPSA) is 120 Å². The molecule has 2 aromatic heterocycles. The molecule has 1 amide bonds. The van der Waals surface area contributed by atoms with Crippen molar-refractivity contribution in [2.24, 2.45) is 0 Å². The van der Waals surface area contributed by atoms with Gasteiger partial charge in [-0.25, -0.2) is 0 Å². The van der Waals surface area contributed by atoms with Crippen molar-refractivity contribution in [1.29, 1.82) is 0 Å². The summed E-state index contributed by atoms with van der Waals surface area (Å²) in [6, 6.07) is 24.2. The average Bonchev–Trinajstić information content (AvgIpc) is 3.52. The summed E-state index contributed by atoms with van der Waals surface area (Å²) >= 11 is 0. The molecule has 0 aliphatic carbocycles. The van der Waals surface area contributed by atoms with Gasteiger partial charge < -0.3 is 4.90 Å². The minimum atomic E-state index is -0.439. The Morgan fingerprint density at radius 1 is 0.905 bits per heavy atom. The third-order valence-corrected chi connectivity index (χ3v) is 7.67. The number of nitrogens with zero attached hydrogens (tertiary/aromatic N) is 7. The number of nitro benzene ring substituents is 1. The van der Waals surface area contributed by atoms with E-state index in [4.69, 9.17) is 4.98 Å². The average molecular weight is 560 g/mol. The fourth-order valence-electron chi connectivity index (χ4n) is 5.47. The Kier molecular flexibility index (Phi) is 7.26. The SMILES string of the molecule is CCc1cc2c(c(CC)n1)CCC(=O)N2Cc1ccc(-c2ccccc2-c2nnnn2-c2ccc([N+](=O)[O-])cc2)cc1. The number of hydrogen-bond donors (Lipinski definition) is 0. The first kappa shape index (κ1) is 26.9. The van der Waals surface area contributed by atoms with E-state index in [-0.39, 0.29) is 11.6 Å². The standard InChI is InChI=1S/C32H29N7O3/c1-3-23-19-30-28(29(4-2)33-23)17-18-31(40)37(30)20-21-9-11-22(12-10-21)26-7-5-6-8-27(26)32-34-35-36-38(32)24-13-15-25(16-14-24)39(41)42/h5-16,19H,3-4,17-18,20H2,1-2H3. The summed E-state index contributed by atoms with van der Waals surface area (Å²) in [4.78, 5) is 30.4. The Morgan fingerprint density at radius 3 is 2.33 bits per heavy atom. The summed E-state index contributed by atoms with van der Waals surface area (Å²) in [7, 11) is 0. The van der Waals surface area contributed by atoms with E-state index in [1.807, 2.05) is 41.3 Å². The smallest absolute Gasteiger partial charge is 0.269 e. The highest BCUT2D eigenvalue weighted by atomic mass is 16.6. The van der Waals surface area contributed by atoms with E-state index in [0.29, 0.717) is 24.5 Å². The van der Waals surface area contributed by atoms with Crippen molar-refractivity contribution in [3.63, 3.8) is 0 Å². The highest BCUT2D eigenvalue weighted by Gasteiger charge is 2.27. The molecule has 0 unspecified atom stereocenters. The lowest BCUT2D eigenvalue weighted by Gasteiger charge is -2.31. The normalized spacial score (nSPS) is 12.8. The van der Waals surface area contributed by atoms with Crippen LogP contribution in [0.3, 0.4) is 0 Å². The summed E-state index contributed by atoms with van der Waals surface area (Å²) in [6.07, 6.45) is 2.89. The minimum Gasteiger partial charge on any atom is -0.308 e. The first-order chi connectivity index (χ1) is 20.5. The molecule has 0 saturated heterocycles. The van der Waals surface area contributed by atoms with Crippen LogP contribution in [-0.4, -0.2) is 36.0 Å². The van der Waals surface area contributed by atoms with Crippen LogP contribution in [0.1, 0.15) is 42.8 Å². The predicted octanol–water partition coefficient (Wildman–Crippen LogP) is 5.90. The molecule has 3 heterocycles. The number of rotatable bonds is 8. The minimum absolute atomic E-state index is 0.00289. The number of anilines is 1. The number of carbonyl (C=O) groups excluding carboxylic acids is 1. The van der Waals surface area contributed by atoms with E-state index in [9.17, 15) is 14.9 Å². The van der Waals surface area contributed by atoms with Crippen LogP contribution in [0, 0.1) is 10.1 Å². The van der Waals surface area contributed by atoms with Crippen molar-refractivity contribution in [2.45, 2.75) is 46.1 Å². The molecule has 3 aromatic carbocycles. The number of tetrazole rings is 1. The van der Waals surface area contributed by atoms with E-state index in [1.54, 1.807) is 16.8 Å². The first-order valence-corrected chi connectivity index (χ1v) is 14.0. The number of nitro groups is 1. The Bertz CT molecular complexity index is 1780. The van der Waals surface area contributed by atoms with Crippen molar-refractivity contribution in [3.05, 3.63) is 111 Å². The van der Waals surface area contributed by atoms with Gasteiger partial charge in [0.1, 0.15) is 0 Å². The summed E-state index contributed by atoms with van der Waals surface area (Å²) in [5.74, 6) is 0.649. The molecule has 0 bridgehead atoms. The van der Waals surface area contributed by atoms with E-state index in [1.165, 1.54) is 17.7 Å². The lowest BCUT2D eigenvalue weighted by molar-refractivity contribution is -0.384. The highest BCUT2D eigenvalue weighted by Crippen LogP contribution is 2.34. The van der Waals surface area contributed by atoms with Gasteiger partial charge in [-0.15, -0.1) is 5.10 Å². The van der Waals surface area contributed by atoms with E-state index in [2.05, 4.69) is 47.6 Å². The highest BCUT2D eigenvalue weighted by molar-refractivity contribution is 5.96. The first-order valence-electron chi connectivity index (χ1n) is 14.0. The monoisotopic (exact) mass is 559 g/mol. The molecule has 10 heteroatoms. The van der Waals surface area contributed by atoms with Gasteiger partial charge in [0, 0.05) is 35.5 Å². The van der Waals surface area contributed by atoms with Crippen molar-refractivity contribution in [3.8, 4) is 28.2 Å². The number of hydrogen-bond acceptors (Lipinski definition) is 7. The summed E-state index contributed by atoms with van der Waals surface area (Å²) < 4.78 is 1.57. The van der Waals surface area contributed by atoms with E-state index < -0.39 is 4.92 Å². The summed E-state index contributed by atoms with van der Waals surface area (Å²) in [6.45, 7) is 4.69. The van der Waals surface area contributed by atoms with Crippen LogP contribution in [0.15, 0.2) is 78.9 Å². The number of carbonyl (C=O) groups is 1. The molecular formula is C32H29N7O3. The van der Waals surface area contributed by atoms with Crippen molar-refractivity contribution >= 4 is 17.3 Å². The number of amides is 1. The lowest BCUT2D eigenvalue weighted by Crippen LogP contribution is -2.35. The third kappa shape index (κ3) is 5.03. The number of non-ortho nitro benzene ring substituents is 1. The lowest BCUT2D eigenvalue weighted by atomic mass is 9.96. The second-order valence-electron chi connectivity index (χ2n) is 10.2. The van der Waals surface area contributed by atoms with Gasteiger partial charge in [-0.05, 0) is 70.1 Å². The molecule has 0 N–H and O–H groups in total. The van der Waals surface area contributed by atoms with Gasteiger partial charge in [-0.2, -0.15) is 4.68 Å². The molecule has 42 heavy (non-hydrogen) atoms. The molecule has 5 aromatic rings. The van der Waals surface area contributed by atoms with Gasteiger partial charge in [0.15, 0.2) is 5.82 Å². The fraction of sp³-hybridized carbons (Fsp3) is 0.219. The maximum Gasteiger partial charge on any atom is 0.269 e. The molecule has 10 nitrogen and oxygen atoms in total. The molecule has 0 fully saturated rings. The predicted molar refractivity (Wildman–Crippen MR) is 159 cm³/mol. The zero-order chi connectivity index (χ0) is 29.2. The Morgan fingerprint density at radius 2 is 1.64 bits per heavy atom. The van der Waals surface area contributed by atoms with Crippen LogP contribution in [-0.2, 0) is 30.6 Å².